The summed E-state index contributed by atoms with van der Waals surface area (Å²) < 4.78 is 10.8. The summed E-state index contributed by atoms with van der Waals surface area (Å²) >= 11 is 0. The maximum Gasteiger partial charge on any atom is 0.251 e. The average molecular weight is 408 g/mol. The first kappa shape index (κ1) is 19.2. The molecule has 2 aromatic carbocycles. The van der Waals surface area contributed by atoms with Crippen LogP contribution in [0.25, 0.3) is 0 Å². The molecule has 0 bridgehead atoms. The van der Waals surface area contributed by atoms with Crippen LogP contribution in [0.1, 0.15) is 46.8 Å². The van der Waals surface area contributed by atoms with E-state index in [0.29, 0.717) is 23.6 Å². The third kappa shape index (κ3) is 3.72. The maximum atomic E-state index is 12.8. The fourth-order valence-electron chi connectivity index (χ4n) is 4.85. The number of likely N-dealkylation sites (tertiary alicyclic amines) is 1. The lowest BCUT2D eigenvalue weighted by Gasteiger charge is -2.32. The lowest BCUT2D eigenvalue weighted by atomic mass is 9.96. The van der Waals surface area contributed by atoms with Crippen molar-refractivity contribution in [1.29, 1.82) is 0 Å². The molecule has 1 fully saturated rings. The maximum absolute atomic E-state index is 12.8. The Bertz CT molecular complexity index is 939. The van der Waals surface area contributed by atoms with E-state index in [1.807, 2.05) is 0 Å². The number of nitrogens with one attached hydrogen (secondary N) is 1. The molecule has 1 atom stereocenters. The van der Waals surface area contributed by atoms with E-state index in [1.54, 1.807) is 18.2 Å². The highest BCUT2D eigenvalue weighted by Crippen LogP contribution is 2.33. The molecule has 1 saturated heterocycles. The first-order valence-electron chi connectivity index (χ1n) is 10.9. The predicted octanol–water partition coefficient (Wildman–Crippen LogP) is 3.36. The van der Waals surface area contributed by atoms with Crippen molar-refractivity contribution in [3.05, 3.63) is 53.1 Å². The number of carbonyl (C=O) groups excluding carboxylic acids is 1. The molecular formula is C24H29N3O3. The van der Waals surface area contributed by atoms with E-state index in [4.69, 9.17) is 9.47 Å². The summed E-state index contributed by atoms with van der Waals surface area (Å²) in [5.74, 6) is 1.26. The predicted molar refractivity (Wildman–Crippen MR) is 116 cm³/mol. The van der Waals surface area contributed by atoms with Gasteiger partial charge in [0.2, 0.25) is 6.79 Å². The standard InChI is InChI=1S/C24H29N3O3/c1-26-10-4-5-17-13-18(6-8-20(17)26)21(27-11-2-3-12-27)15-25-24(28)19-7-9-22-23(14-19)30-16-29-22/h6-9,13-14,21H,2-5,10-12,15-16H2,1H3,(H,25,28)/t21-/m1/s1. The van der Waals surface area contributed by atoms with Gasteiger partial charge in [0.05, 0.1) is 6.04 Å². The first-order chi connectivity index (χ1) is 14.7. The molecule has 6 heteroatoms. The summed E-state index contributed by atoms with van der Waals surface area (Å²) in [6, 6.07) is 12.4. The van der Waals surface area contributed by atoms with E-state index in [1.165, 1.54) is 36.1 Å². The third-order valence-corrected chi connectivity index (χ3v) is 6.51. The zero-order valence-electron chi connectivity index (χ0n) is 17.5. The van der Waals surface area contributed by atoms with Gasteiger partial charge < -0.3 is 19.7 Å². The normalized spacial score (nSPS) is 18.9. The molecule has 3 aliphatic rings. The molecule has 3 aliphatic heterocycles. The molecule has 0 unspecified atom stereocenters. The van der Waals surface area contributed by atoms with Crippen molar-refractivity contribution < 1.29 is 14.3 Å². The number of fused-ring (bicyclic) bond motifs is 2. The number of hydrogen-bond acceptors (Lipinski definition) is 5. The van der Waals surface area contributed by atoms with Crippen LogP contribution in [0.5, 0.6) is 11.5 Å². The van der Waals surface area contributed by atoms with Gasteiger partial charge in [-0.3, -0.25) is 9.69 Å². The van der Waals surface area contributed by atoms with Crippen LogP contribution >= 0.6 is 0 Å². The second-order valence-electron chi connectivity index (χ2n) is 8.45. The van der Waals surface area contributed by atoms with Gasteiger partial charge in [0, 0.05) is 31.4 Å². The van der Waals surface area contributed by atoms with Crippen molar-refractivity contribution in [3.63, 3.8) is 0 Å². The molecule has 0 radical (unpaired) electrons. The molecule has 2 aromatic rings. The van der Waals surface area contributed by atoms with E-state index in [2.05, 4.69) is 40.4 Å². The zero-order chi connectivity index (χ0) is 20.5. The van der Waals surface area contributed by atoms with E-state index < -0.39 is 0 Å². The van der Waals surface area contributed by atoms with Crippen molar-refractivity contribution in [2.75, 3.05) is 44.9 Å². The van der Waals surface area contributed by atoms with Gasteiger partial charge in [-0.1, -0.05) is 12.1 Å². The van der Waals surface area contributed by atoms with E-state index in [9.17, 15) is 4.79 Å². The number of amides is 1. The highest BCUT2D eigenvalue weighted by Gasteiger charge is 2.26. The molecule has 0 spiro atoms. The van der Waals surface area contributed by atoms with Gasteiger partial charge in [-0.2, -0.15) is 0 Å². The fourth-order valence-corrected chi connectivity index (χ4v) is 4.85. The van der Waals surface area contributed by atoms with Crippen molar-refractivity contribution in [1.82, 2.24) is 10.2 Å². The van der Waals surface area contributed by atoms with Crippen molar-refractivity contribution in [3.8, 4) is 11.5 Å². The minimum Gasteiger partial charge on any atom is -0.454 e. The average Bonchev–Trinajstić information content (AvgIpc) is 3.45. The lowest BCUT2D eigenvalue weighted by molar-refractivity contribution is 0.0937. The Kier molecular flexibility index (Phi) is 5.25. The molecule has 30 heavy (non-hydrogen) atoms. The van der Waals surface area contributed by atoms with Crippen molar-refractivity contribution >= 4 is 11.6 Å². The number of nitrogens with zero attached hydrogens (tertiary/aromatic N) is 2. The second kappa shape index (κ2) is 8.19. The Morgan fingerprint density at radius 3 is 2.73 bits per heavy atom. The van der Waals surface area contributed by atoms with Crippen molar-refractivity contribution in [2.45, 2.75) is 31.7 Å². The monoisotopic (exact) mass is 407 g/mol. The molecule has 6 nitrogen and oxygen atoms in total. The molecule has 158 valence electrons. The number of aryl methyl sites for hydroxylation is 1. The largest absolute Gasteiger partial charge is 0.454 e. The van der Waals surface area contributed by atoms with E-state index >= 15 is 0 Å². The molecule has 1 N–H and O–H groups in total. The summed E-state index contributed by atoms with van der Waals surface area (Å²) in [5, 5.41) is 3.17. The molecule has 1 amide bonds. The minimum atomic E-state index is -0.0739. The topological polar surface area (TPSA) is 54.0 Å². The van der Waals surface area contributed by atoms with Crippen LogP contribution in [-0.2, 0) is 6.42 Å². The van der Waals surface area contributed by atoms with Gasteiger partial charge in [0.25, 0.3) is 5.91 Å². The Balaban J connectivity index is 1.34. The second-order valence-corrected chi connectivity index (χ2v) is 8.45. The highest BCUT2D eigenvalue weighted by atomic mass is 16.7. The fraction of sp³-hybridized carbons (Fsp3) is 0.458. The van der Waals surface area contributed by atoms with Gasteiger partial charge in [-0.15, -0.1) is 0 Å². The number of ether oxygens (including phenoxy) is 2. The summed E-state index contributed by atoms with van der Waals surface area (Å²) in [6.45, 7) is 4.10. The SMILES string of the molecule is CN1CCCc2cc([C@@H](CNC(=O)c3ccc4c(c3)OCO4)N3CCCC3)ccc21. The Morgan fingerprint density at radius 2 is 1.87 bits per heavy atom. The summed E-state index contributed by atoms with van der Waals surface area (Å²) in [5.41, 5.74) is 4.67. The quantitative estimate of drug-likeness (QED) is 0.824. The van der Waals surface area contributed by atoms with Crippen LogP contribution in [0.3, 0.4) is 0 Å². The number of anilines is 1. The Hall–Kier alpha value is -2.73. The molecule has 0 aromatic heterocycles. The van der Waals surface area contributed by atoms with Gasteiger partial charge >= 0.3 is 0 Å². The van der Waals surface area contributed by atoms with Crippen LogP contribution in [0.2, 0.25) is 0 Å². The number of benzene rings is 2. The number of rotatable bonds is 5. The molecule has 3 heterocycles. The van der Waals surface area contributed by atoms with E-state index in [0.717, 1.165) is 26.1 Å². The van der Waals surface area contributed by atoms with Gasteiger partial charge in [-0.25, -0.2) is 0 Å². The molecule has 0 saturated carbocycles. The summed E-state index contributed by atoms with van der Waals surface area (Å²) in [6.07, 6.45) is 4.77. The molecule has 5 rings (SSSR count). The van der Waals surface area contributed by atoms with Crippen LogP contribution in [0, 0.1) is 0 Å². The smallest absolute Gasteiger partial charge is 0.251 e. The zero-order valence-corrected chi connectivity index (χ0v) is 17.5. The lowest BCUT2D eigenvalue weighted by Crippen LogP contribution is -2.37. The van der Waals surface area contributed by atoms with Gasteiger partial charge in [-0.05, 0) is 74.2 Å². The summed E-state index contributed by atoms with van der Waals surface area (Å²) in [4.78, 5) is 17.7. The van der Waals surface area contributed by atoms with Crippen LogP contribution in [-0.4, -0.2) is 50.8 Å². The van der Waals surface area contributed by atoms with Gasteiger partial charge in [0.15, 0.2) is 11.5 Å². The highest BCUT2D eigenvalue weighted by molar-refractivity contribution is 5.95. The van der Waals surface area contributed by atoms with Crippen LogP contribution in [0.15, 0.2) is 36.4 Å². The molecular weight excluding hydrogens is 378 g/mol. The third-order valence-electron chi connectivity index (χ3n) is 6.51. The van der Waals surface area contributed by atoms with Crippen molar-refractivity contribution in [2.24, 2.45) is 0 Å². The van der Waals surface area contributed by atoms with Gasteiger partial charge in [0.1, 0.15) is 0 Å². The minimum absolute atomic E-state index is 0.0739. The van der Waals surface area contributed by atoms with E-state index in [-0.39, 0.29) is 18.7 Å². The van der Waals surface area contributed by atoms with Crippen LogP contribution in [0.4, 0.5) is 5.69 Å². The number of hydrogen-bond donors (Lipinski definition) is 1. The Morgan fingerprint density at radius 1 is 1.03 bits per heavy atom. The summed E-state index contributed by atoms with van der Waals surface area (Å²) in [7, 11) is 2.17. The Labute approximate surface area is 177 Å². The molecule has 0 aliphatic carbocycles. The first-order valence-corrected chi connectivity index (χ1v) is 10.9. The number of carbonyl (C=O) groups is 1. The van der Waals surface area contributed by atoms with Crippen LogP contribution < -0.4 is 19.7 Å².